The number of aromatic nitrogens is 1. The van der Waals surface area contributed by atoms with Gasteiger partial charge in [-0.05, 0) is 40.2 Å². The maximum absolute atomic E-state index is 12.5. The molecule has 0 spiro atoms. The molecule has 1 aromatic carbocycles. The number of carbonyl (C=O) groups excluding carboxylic acids is 2. The summed E-state index contributed by atoms with van der Waals surface area (Å²) >= 11 is 3.21. The zero-order valence-electron chi connectivity index (χ0n) is 11.4. The second-order valence-corrected chi connectivity index (χ2v) is 4.92. The van der Waals surface area contributed by atoms with Crippen molar-refractivity contribution in [3.63, 3.8) is 0 Å². The Labute approximate surface area is 130 Å². The molecule has 0 aliphatic carbocycles. The summed E-state index contributed by atoms with van der Waals surface area (Å²) < 4.78 is 10.8. The first-order valence-corrected chi connectivity index (χ1v) is 6.77. The number of pyridine rings is 1. The molecular weight excluding hydrogens is 338 g/mol. The van der Waals surface area contributed by atoms with E-state index in [2.05, 4.69) is 20.9 Å². The van der Waals surface area contributed by atoms with Crippen molar-refractivity contribution < 1.29 is 19.1 Å². The number of benzene rings is 1. The minimum atomic E-state index is -0.291. The van der Waals surface area contributed by atoms with Crippen LogP contribution in [0.2, 0.25) is 0 Å². The highest BCUT2D eigenvalue weighted by Crippen LogP contribution is 2.31. The molecule has 21 heavy (non-hydrogen) atoms. The molecule has 1 heterocycles. The second-order valence-electron chi connectivity index (χ2n) is 4.11. The summed E-state index contributed by atoms with van der Waals surface area (Å²) in [6, 6.07) is 6.15. The Bertz CT molecular complexity index is 700. The Morgan fingerprint density at radius 2 is 1.86 bits per heavy atom. The molecule has 2 aromatic rings. The molecule has 108 valence electrons. The highest BCUT2D eigenvalue weighted by atomic mass is 79.9. The van der Waals surface area contributed by atoms with Gasteiger partial charge in [-0.25, -0.2) is 4.98 Å². The van der Waals surface area contributed by atoms with Crippen LogP contribution in [0.3, 0.4) is 0 Å². The van der Waals surface area contributed by atoms with Crippen molar-refractivity contribution in [2.45, 2.75) is 0 Å². The summed E-state index contributed by atoms with van der Waals surface area (Å²) in [7, 11) is 2.93. The summed E-state index contributed by atoms with van der Waals surface area (Å²) in [6.07, 6.45) is 2.13. The van der Waals surface area contributed by atoms with Gasteiger partial charge in [0.1, 0.15) is 4.60 Å². The van der Waals surface area contributed by atoms with Gasteiger partial charge in [0.25, 0.3) is 0 Å². The highest BCUT2D eigenvalue weighted by Gasteiger charge is 2.18. The Balaban J connectivity index is 2.56. The first-order chi connectivity index (χ1) is 10.1. The van der Waals surface area contributed by atoms with E-state index >= 15 is 0 Å². The van der Waals surface area contributed by atoms with Gasteiger partial charge < -0.3 is 9.47 Å². The van der Waals surface area contributed by atoms with Crippen LogP contribution < -0.4 is 9.47 Å². The van der Waals surface area contributed by atoms with Crippen LogP contribution in [-0.2, 0) is 0 Å². The van der Waals surface area contributed by atoms with Crippen LogP contribution in [0, 0.1) is 0 Å². The van der Waals surface area contributed by atoms with Gasteiger partial charge in [-0.15, -0.1) is 0 Å². The lowest BCUT2D eigenvalue weighted by atomic mass is 9.99. The third-order valence-corrected chi connectivity index (χ3v) is 3.35. The minimum Gasteiger partial charge on any atom is -0.493 e. The Morgan fingerprint density at radius 1 is 1.19 bits per heavy atom. The van der Waals surface area contributed by atoms with Crippen LogP contribution in [0.15, 0.2) is 35.1 Å². The smallest absolute Gasteiger partial charge is 0.194 e. The standard InChI is InChI=1S/C15H12BrNO4/c1-20-12-5-10(8-18)11(7-13(12)21-2)15(19)9-3-4-17-14(16)6-9/h3-8H,1-2H3. The molecule has 0 fully saturated rings. The van der Waals surface area contributed by atoms with Crippen LogP contribution in [0.5, 0.6) is 11.5 Å². The number of rotatable bonds is 5. The molecule has 0 unspecified atom stereocenters. The number of carbonyl (C=O) groups is 2. The maximum Gasteiger partial charge on any atom is 0.194 e. The van der Waals surface area contributed by atoms with E-state index < -0.39 is 0 Å². The highest BCUT2D eigenvalue weighted by molar-refractivity contribution is 9.10. The van der Waals surface area contributed by atoms with Crippen LogP contribution in [-0.4, -0.2) is 31.3 Å². The lowest BCUT2D eigenvalue weighted by molar-refractivity contribution is 0.102. The molecule has 5 nitrogen and oxygen atoms in total. The third-order valence-electron chi connectivity index (χ3n) is 2.92. The molecule has 0 aliphatic rings. The van der Waals surface area contributed by atoms with Gasteiger partial charge in [0.15, 0.2) is 23.6 Å². The van der Waals surface area contributed by atoms with Gasteiger partial charge in [-0.1, -0.05) is 0 Å². The largest absolute Gasteiger partial charge is 0.493 e. The van der Waals surface area contributed by atoms with Gasteiger partial charge in [0, 0.05) is 22.9 Å². The summed E-state index contributed by atoms with van der Waals surface area (Å²) in [5, 5.41) is 0. The van der Waals surface area contributed by atoms with Gasteiger partial charge in [0.2, 0.25) is 0 Å². The van der Waals surface area contributed by atoms with Crippen molar-refractivity contribution in [2.75, 3.05) is 14.2 Å². The molecule has 0 radical (unpaired) electrons. The zero-order valence-corrected chi connectivity index (χ0v) is 13.0. The fourth-order valence-corrected chi connectivity index (χ4v) is 2.25. The van der Waals surface area contributed by atoms with Crippen molar-refractivity contribution in [1.29, 1.82) is 0 Å². The van der Waals surface area contributed by atoms with E-state index in [1.807, 2.05) is 0 Å². The lowest BCUT2D eigenvalue weighted by Gasteiger charge is -2.11. The van der Waals surface area contributed by atoms with E-state index in [1.165, 1.54) is 32.5 Å². The molecular formula is C15H12BrNO4. The van der Waals surface area contributed by atoms with Crippen molar-refractivity contribution in [3.05, 3.63) is 51.8 Å². The first-order valence-electron chi connectivity index (χ1n) is 5.98. The molecule has 1 aromatic heterocycles. The van der Waals surface area contributed by atoms with Gasteiger partial charge >= 0.3 is 0 Å². The fraction of sp³-hybridized carbons (Fsp3) is 0.133. The average Bonchev–Trinajstić information content (AvgIpc) is 2.52. The SMILES string of the molecule is COc1cc(C=O)c(C(=O)c2ccnc(Br)c2)cc1OC. The van der Waals surface area contributed by atoms with E-state index in [9.17, 15) is 9.59 Å². The van der Waals surface area contributed by atoms with Gasteiger partial charge in [-0.3, -0.25) is 9.59 Å². The van der Waals surface area contributed by atoms with E-state index in [4.69, 9.17) is 9.47 Å². The predicted molar refractivity (Wildman–Crippen MR) is 80.3 cm³/mol. The topological polar surface area (TPSA) is 65.5 Å². The first kappa shape index (κ1) is 15.2. The molecule has 0 atom stereocenters. The average molecular weight is 350 g/mol. The molecule has 0 bridgehead atoms. The fourth-order valence-electron chi connectivity index (χ4n) is 1.89. The number of ether oxygens (including phenoxy) is 2. The molecule has 0 aliphatic heterocycles. The van der Waals surface area contributed by atoms with Crippen molar-refractivity contribution in [3.8, 4) is 11.5 Å². The Kier molecular flexibility index (Phi) is 4.70. The summed E-state index contributed by atoms with van der Waals surface area (Å²) in [6.45, 7) is 0. The third kappa shape index (κ3) is 3.11. The van der Waals surface area contributed by atoms with Crippen molar-refractivity contribution in [2.24, 2.45) is 0 Å². The molecule has 0 N–H and O–H groups in total. The van der Waals surface area contributed by atoms with E-state index in [0.717, 1.165) is 0 Å². The molecule has 0 saturated heterocycles. The van der Waals surface area contributed by atoms with Crippen molar-refractivity contribution >= 4 is 28.0 Å². The molecule has 2 rings (SSSR count). The van der Waals surface area contributed by atoms with Gasteiger partial charge in [-0.2, -0.15) is 0 Å². The number of methoxy groups -OCH3 is 2. The predicted octanol–water partition coefficient (Wildman–Crippen LogP) is 2.90. The van der Waals surface area contributed by atoms with Gasteiger partial charge in [0.05, 0.1) is 14.2 Å². The molecule has 0 amide bonds. The van der Waals surface area contributed by atoms with E-state index in [-0.39, 0.29) is 16.9 Å². The van der Waals surface area contributed by atoms with Crippen molar-refractivity contribution in [1.82, 2.24) is 4.98 Å². The maximum atomic E-state index is 12.5. The van der Waals surface area contributed by atoms with Crippen LogP contribution >= 0.6 is 15.9 Å². The number of hydrogen-bond acceptors (Lipinski definition) is 5. The van der Waals surface area contributed by atoms with E-state index in [1.54, 1.807) is 12.1 Å². The monoisotopic (exact) mass is 349 g/mol. The lowest BCUT2D eigenvalue weighted by Crippen LogP contribution is -2.07. The second kappa shape index (κ2) is 6.49. The van der Waals surface area contributed by atoms with E-state index in [0.29, 0.717) is 28.0 Å². The Hall–Kier alpha value is -2.21. The number of halogens is 1. The zero-order chi connectivity index (χ0) is 15.4. The quantitative estimate of drug-likeness (QED) is 0.471. The summed E-state index contributed by atoms with van der Waals surface area (Å²) in [4.78, 5) is 27.7. The van der Waals surface area contributed by atoms with Crippen LogP contribution in [0.25, 0.3) is 0 Å². The number of ketones is 1. The summed E-state index contributed by atoms with van der Waals surface area (Å²) in [5.74, 6) is 0.493. The Morgan fingerprint density at radius 3 is 2.43 bits per heavy atom. The summed E-state index contributed by atoms with van der Waals surface area (Å²) in [5.41, 5.74) is 0.915. The number of nitrogens with zero attached hydrogens (tertiary/aromatic N) is 1. The van der Waals surface area contributed by atoms with Crippen LogP contribution in [0.1, 0.15) is 26.3 Å². The number of hydrogen-bond donors (Lipinski definition) is 0. The molecule has 0 saturated carbocycles. The minimum absolute atomic E-state index is 0.241. The molecule has 6 heteroatoms. The van der Waals surface area contributed by atoms with Crippen LogP contribution in [0.4, 0.5) is 0 Å². The number of aldehydes is 1. The normalized spacial score (nSPS) is 10.0.